The lowest BCUT2D eigenvalue weighted by atomic mass is 9.94. The Labute approximate surface area is 214 Å². The van der Waals surface area contributed by atoms with Gasteiger partial charge in [0.1, 0.15) is 18.0 Å². The maximum atomic E-state index is 15.0. The number of anilines is 1. The molecule has 202 valence electrons. The van der Waals surface area contributed by atoms with Crippen molar-refractivity contribution in [3.63, 3.8) is 0 Å². The number of halogens is 4. The summed E-state index contributed by atoms with van der Waals surface area (Å²) in [5.41, 5.74) is 0.454. The normalized spacial score (nSPS) is 21.1. The number of likely N-dealkylation sites (N-methyl/N-ethyl adjacent to an activating group) is 1. The molecule has 1 aliphatic carbocycles. The second kappa shape index (κ2) is 10.5. The number of carbonyl (C=O) groups excluding carboxylic acids is 1. The predicted molar refractivity (Wildman–Crippen MR) is 131 cm³/mol. The van der Waals surface area contributed by atoms with Crippen LogP contribution in [0, 0.1) is 5.82 Å². The average molecular weight is 524 g/mol. The molecule has 2 heterocycles. The SMILES string of the molecule is CC(C)N(C)CC(C(=O)N1CCN(c2ncnc3c2[C@H](C)C[C@H]3O)CC1)c1ccc(C(F)(F)F)cc1F. The summed E-state index contributed by atoms with van der Waals surface area (Å²) in [5.74, 6) is -1.43. The molecule has 0 saturated carbocycles. The number of aliphatic hydroxyl groups excluding tert-OH is 1. The van der Waals surface area contributed by atoms with Crippen LogP contribution in [0.2, 0.25) is 0 Å². The lowest BCUT2D eigenvalue weighted by Crippen LogP contribution is -2.51. The van der Waals surface area contributed by atoms with Gasteiger partial charge in [0.2, 0.25) is 5.91 Å². The highest BCUT2D eigenvalue weighted by Gasteiger charge is 2.37. The Morgan fingerprint density at radius 2 is 1.86 bits per heavy atom. The van der Waals surface area contributed by atoms with E-state index in [1.165, 1.54) is 6.33 Å². The first-order valence-corrected chi connectivity index (χ1v) is 12.5. The molecule has 7 nitrogen and oxygen atoms in total. The number of amides is 1. The van der Waals surface area contributed by atoms with Gasteiger partial charge in [-0.05, 0) is 45.4 Å². The van der Waals surface area contributed by atoms with Crippen molar-refractivity contribution in [1.82, 2.24) is 19.8 Å². The topological polar surface area (TPSA) is 72.8 Å². The minimum Gasteiger partial charge on any atom is -0.387 e. The van der Waals surface area contributed by atoms with E-state index < -0.39 is 29.6 Å². The van der Waals surface area contributed by atoms with Crippen LogP contribution in [-0.2, 0) is 11.0 Å². The van der Waals surface area contributed by atoms with Crippen LogP contribution in [0.15, 0.2) is 24.5 Å². The Morgan fingerprint density at radius 3 is 2.46 bits per heavy atom. The van der Waals surface area contributed by atoms with Crippen LogP contribution in [0.5, 0.6) is 0 Å². The Hall–Kier alpha value is -2.79. The molecule has 11 heteroatoms. The molecule has 37 heavy (non-hydrogen) atoms. The zero-order valence-electron chi connectivity index (χ0n) is 21.5. The maximum absolute atomic E-state index is 15.0. The lowest BCUT2D eigenvalue weighted by molar-refractivity contribution is -0.137. The van der Waals surface area contributed by atoms with E-state index in [0.717, 1.165) is 23.5 Å². The second-order valence-corrected chi connectivity index (χ2v) is 10.3. The molecule has 1 aliphatic heterocycles. The van der Waals surface area contributed by atoms with Gasteiger partial charge >= 0.3 is 6.18 Å². The molecular weight excluding hydrogens is 490 g/mol. The third-order valence-electron chi connectivity index (χ3n) is 7.52. The molecule has 0 spiro atoms. The number of aliphatic hydroxyl groups is 1. The monoisotopic (exact) mass is 523 g/mol. The summed E-state index contributed by atoms with van der Waals surface area (Å²) < 4.78 is 54.2. The highest BCUT2D eigenvalue weighted by atomic mass is 19.4. The number of nitrogens with zero attached hydrogens (tertiary/aromatic N) is 5. The second-order valence-electron chi connectivity index (χ2n) is 10.3. The Morgan fingerprint density at radius 1 is 1.19 bits per heavy atom. The standard InChI is InChI=1S/C26H33F4N5O2/c1-15(2)33(4)13-19(18-6-5-17(12-20(18)27)26(28,29)30)25(37)35-9-7-34(8-10-35)24-22-16(3)11-21(36)23(22)31-14-32-24/h5-6,12,14-16,19,21,36H,7-11,13H2,1-4H3/t16-,19?,21-/m1/s1. The summed E-state index contributed by atoms with van der Waals surface area (Å²) in [4.78, 5) is 28.0. The van der Waals surface area contributed by atoms with Gasteiger partial charge in [-0.3, -0.25) is 4.79 Å². The van der Waals surface area contributed by atoms with Crippen LogP contribution in [0.25, 0.3) is 0 Å². The fourth-order valence-electron chi connectivity index (χ4n) is 5.11. The first-order valence-electron chi connectivity index (χ1n) is 12.5. The van der Waals surface area contributed by atoms with Crippen LogP contribution in [0.1, 0.15) is 67.5 Å². The molecular formula is C26H33F4N5O2. The molecule has 2 aromatic rings. The predicted octanol–water partition coefficient (Wildman–Crippen LogP) is 3.95. The van der Waals surface area contributed by atoms with Gasteiger partial charge in [-0.25, -0.2) is 14.4 Å². The molecule has 1 fully saturated rings. The van der Waals surface area contributed by atoms with Gasteiger partial charge < -0.3 is 19.8 Å². The van der Waals surface area contributed by atoms with E-state index in [9.17, 15) is 27.5 Å². The number of rotatable bonds is 6. The first kappa shape index (κ1) is 27.3. The van der Waals surface area contributed by atoms with Crippen LogP contribution in [0.3, 0.4) is 0 Å². The number of carbonyl (C=O) groups is 1. The van der Waals surface area contributed by atoms with Crippen LogP contribution in [-0.4, -0.2) is 76.6 Å². The van der Waals surface area contributed by atoms with E-state index in [1.807, 2.05) is 25.7 Å². The molecule has 0 radical (unpaired) electrons. The fourth-order valence-corrected chi connectivity index (χ4v) is 5.11. The average Bonchev–Trinajstić information content (AvgIpc) is 3.15. The van der Waals surface area contributed by atoms with Crippen LogP contribution >= 0.6 is 0 Å². The third kappa shape index (κ3) is 5.57. The van der Waals surface area contributed by atoms with Crippen molar-refractivity contribution in [2.24, 2.45) is 0 Å². The molecule has 4 rings (SSSR count). The van der Waals surface area contributed by atoms with E-state index in [4.69, 9.17) is 0 Å². The summed E-state index contributed by atoms with van der Waals surface area (Å²) in [5, 5.41) is 10.3. The van der Waals surface area contributed by atoms with Gasteiger partial charge in [0.25, 0.3) is 0 Å². The molecule has 1 aromatic carbocycles. The Kier molecular flexibility index (Phi) is 7.75. The summed E-state index contributed by atoms with van der Waals surface area (Å²) >= 11 is 0. The number of hydrogen-bond acceptors (Lipinski definition) is 6. The number of fused-ring (bicyclic) bond motifs is 1. The molecule has 1 unspecified atom stereocenters. The smallest absolute Gasteiger partial charge is 0.387 e. The third-order valence-corrected chi connectivity index (χ3v) is 7.52. The summed E-state index contributed by atoms with van der Waals surface area (Å²) in [7, 11) is 1.80. The molecule has 1 saturated heterocycles. The van der Waals surface area contributed by atoms with Gasteiger partial charge in [0, 0.05) is 49.9 Å². The lowest BCUT2D eigenvalue weighted by Gasteiger charge is -2.38. The number of hydrogen-bond donors (Lipinski definition) is 1. The minimum atomic E-state index is -4.67. The molecule has 2 aliphatic rings. The van der Waals surface area contributed by atoms with Crippen molar-refractivity contribution in [3.8, 4) is 0 Å². The molecule has 1 amide bonds. The van der Waals surface area contributed by atoms with Crippen molar-refractivity contribution in [2.75, 3.05) is 44.7 Å². The van der Waals surface area contributed by atoms with E-state index in [-0.39, 0.29) is 30.0 Å². The number of aromatic nitrogens is 2. The molecule has 3 atom stereocenters. The highest BCUT2D eigenvalue weighted by molar-refractivity contribution is 5.84. The first-order chi connectivity index (χ1) is 17.4. The zero-order valence-corrected chi connectivity index (χ0v) is 21.5. The fraction of sp³-hybridized carbons (Fsp3) is 0.577. The largest absolute Gasteiger partial charge is 0.416 e. The van der Waals surface area contributed by atoms with Gasteiger partial charge in [-0.2, -0.15) is 13.2 Å². The minimum absolute atomic E-state index is 0.0376. The van der Waals surface area contributed by atoms with E-state index in [1.54, 1.807) is 11.9 Å². The van der Waals surface area contributed by atoms with Gasteiger partial charge in [-0.1, -0.05) is 13.0 Å². The van der Waals surface area contributed by atoms with Gasteiger partial charge in [-0.15, -0.1) is 0 Å². The maximum Gasteiger partial charge on any atom is 0.416 e. The van der Waals surface area contributed by atoms with E-state index >= 15 is 0 Å². The Bertz CT molecular complexity index is 1130. The van der Waals surface area contributed by atoms with E-state index in [0.29, 0.717) is 44.4 Å². The van der Waals surface area contributed by atoms with Gasteiger partial charge in [0.05, 0.1) is 23.3 Å². The van der Waals surface area contributed by atoms with Crippen molar-refractivity contribution in [3.05, 3.63) is 52.7 Å². The summed E-state index contributed by atoms with van der Waals surface area (Å²) in [6, 6.07) is 2.44. The highest BCUT2D eigenvalue weighted by Crippen LogP contribution is 2.43. The number of alkyl halides is 3. The van der Waals surface area contributed by atoms with Gasteiger partial charge in [0.15, 0.2) is 0 Å². The van der Waals surface area contributed by atoms with Crippen LogP contribution < -0.4 is 4.90 Å². The van der Waals surface area contributed by atoms with Crippen LogP contribution in [0.4, 0.5) is 23.4 Å². The van der Waals surface area contributed by atoms with E-state index in [2.05, 4.69) is 14.9 Å². The molecule has 0 bridgehead atoms. The zero-order chi connectivity index (χ0) is 27.1. The number of benzene rings is 1. The Balaban J connectivity index is 1.54. The molecule has 1 aromatic heterocycles. The quantitative estimate of drug-likeness (QED) is 0.579. The molecule has 1 N–H and O–H groups in total. The van der Waals surface area contributed by atoms with Crippen molar-refractivity contribution in [1.29, 1.82) is 0 Å². The van der Waals surface area contributed by atoms with Crippen molar-refractivity contribution < 1.29 is 27.5 Å². The van der Waals surface area contributed by atoms with Crippen molar-refractivity contribution in [2.45, 2.75) is 57.3 Å². The van der Waals surface area contributed by atoms with Crippen molar-refractivity contribution >= 4 is 11.7 Å². The number of piperazine rings is 1. The summed E-state index contributed by atoms with van der Waals surface area (Å²) in [6.07, 6.45) is -3.26. The summed E-state index contributed by atoms with van der Waals surface area (Å²) in [6.45, 7) is 7.75.